The molecule has 39 heavy (non-hydrogen) atoms. The molecule has 0 aliphatic heterocycles. The SMILES string of the molecule is CCOC(=O)c1cc(CC(=O)c2cc(CC(=O)c3cc([N+](=O)[O-])cn3CC(C)C)cn2C)cn1CCC(=O)O. The molecule has 3 rings (SSSR count). The van der Waals surface area contributed by atoms with E-state index >= 15 is 0 Å². The van der Waals surface area contributed by atoms with Crippen molar-refractivity contribution in [2.45, 2.75) is 53.1 Å². The molecular formula is C27H32N4O8. The number of carbonyl (C=O) groups is 4. The molecule has 0 unspecified atom stereocenters. The molecule has 0 saturated heterocycles. The van der Waals surface area contributed by atoms with E-state index in [9.17, 15) is 29.3 Å². The van der Waals surface area contributed by atoms with Crippen LogP contribution in [0, 0.1) is 16.0 Å². The molecule has 1 N–H and O–H groups in total. The molecule has 0 amide bonds. The van der Waals surface area contributed by atoms with E-state index in [1.165, 1.54) is 22.9 Å². The van der Waals surface area contributed by atoms with Crippen LogP contribution in [0.1, 0.15) is 69.8 Å². The van der Waals surface area contributed by atoms with Gasteiger partial charge in [0.1, 0.15) is 5.69 Å². The Kier molecular flexibility index (Phi) is 9.23. The Morgan fingerprint density at radius 3 is 2.15 bits per heavy atom. The van der Waals surface area contributed by atoms with Crippen molar-refractivity contribution >= 4 is 29.2 Å². The first kappa shape index (κ1) is 29.1. The maximum atomic E-state index is 13.1. The third-order valence-corrected chi connectivity index (χ3v) is 6.02. The number of nitrogens with zero attached hydrogens (tertiary/aromatic N) is 4. The predicted molar refractivity (Wildman–Crippen MR) is 140 cm³/mol. The van der Waals surface area contributed by atoms with Crippen molar-refractivity contribution in [3.05, 3.63) is 75.1 Å². The van der Waals surface area contributed by atoms with E-state index in [4.69, 9.17) is 9.84 Å². The van der Waals surface area contributed by atoms with Crippen LogP contribution in [0.4, 0.5) is 5.69 Å². The zero-order valence-corrected chi connectivity index (χ0v) is 22.4. The van der Waals surface area contributed by atoms with Crippen LogP contribution >= 0.6 is 0 Å². The zero-order valence-electron chi connectivity index (χ0n) is 22.4. The summed E-state index contributed by atoms with van der Waals surface area (Å²) in [6, 6.07) is 4.40. The molecule has 0 saturated carbocycles. The van der Waals surface area contributed by atoms with Gasteiger partial charge in [0, 0.05) is 51.4 Å². The van der Waals surface area contributed by atoms with Crippen LogP contribution in [0.2, 0.25) is 0 Å². The zero-order chi connectivity index (χ0) is 28.9. The van der Waals surface area contributed by atoms with E-state index < -0.39 is 16.9 Å². The van der Waals surface area contributed by atoms with Crippen molar-refractivity contribution in [1.82, 2.24) is 13.7 Å². The molecule has 0 aliphatic rings. The summed E-state index contributed by atoms with van der Waals surface area (Å²) in [4.78, 5) is 60.3. The molecular weight excluding hydrogens is 508 g/mol. The Morgan fingerprint density at radius 1 is 0.949 bits per heavy atom. The average Bonchev–Trinajstić information content (AvgIpc) is 3.54. The number of aryl methyl sites for hydroxylation is 2. The number of hydrogen-bond acceptors (Lipinski definition) is 7. The molecule has 3 aromatic heterocycles. The first-order chi connectivity index (χ1) is 18.4. The highest BCUT2D eigenvalue weighted by atomic mass is 16.6. The van der Waals surface area contributed by atoms with Crippen molar-refractivity contribution in [3.63, 3.8) is 0 Å². The topological polar surface area (TPSA) is 156 Å². The summed E-state index contributed by atoms with van der Waals surface area (Å²) in [7, 11) is 1.68. The second-order valence-electron chi connectivity index (χ2n) is 9.72. The minimum atomic E-state index is -1.02. The van der Waals surface area contributed by atoms with Crippen LogP contribution in [-0.4, -0.2) is 53.8 Å². The van der Waals surface area contributed by atoms with Crippen LogP contribution in [0.25, 0.3) is 0 Å². The van der Waals surface area contributed by atoms with Crippen LogP contribution in [0.15, 0.2) is 36.8 Å². The number of carbonyl (C=O) groups excluding carboxylic acids is 3. The number of rotatable bonds is 14. The highest BCUT2D eigenvalue weighted by Crippen LogP contribution is 2.21. The van der Waals surface area contributed by atoms with Gasteiger partial charge in [-0.15, -0.1) is 0 Å². The summed E-state index contributed by atoms with van der Waals surface area (Å²) in [6.45, 7) is 6.21. The third-order valence-electron chi connectivity index (χ3n) is 6.02. The van der Waals surface area contributed by atoms with Crippen molar-refractivity contribution in [1.29, 1.82) is 0 Å². The third kappa shape index (κ3) is 7.30. The van der Waals surface area contributed by atoms with Crippen molar-refractivity contribution < 1.29 is 33.9 Å². The second-order valence-corrected chi connectivity index (χ2v) is 9.72. The quantitative estimate of drug-likeness (QED) is 0.140. The lowest BCUT2D eigenvalue weighted by Crippen LogP contribution is -2.13. The summed E-state index contributed by atoms with van der Waals surface area (Å²) in [5.74, 6) is -2.02. The Hall–Kier alpha value is -4.48. The van der Waals surface area contributed by atoms with Gasteiger partial charge in [-0.2, -0.15) is 0 Å². The van der Waals surface area contributed by atoms with E-state index in [-0.39, 0.29) is 67.0 Å². The number of ether oxygens (including phenoxy) is 1. The van der Waals surface area contributed by atoms with E-state index in [0.717, 1.165) is 0 Å². The first-order valence-electron chi connectivity index (χ1n) is 12.5. The number of nitro groups is 1. The lowest BCUT2D eigenvalue weighted by Gasteiger charge is -2.09. The van der Waals surface area contributed by atoms with Gasteiger partial charge in [-0.3, -0.25) is 24.5 Å². The molecule has 3 heterocycles. The lowest BCUT2D eigenvalue weighted by atomic mass is 10.1. The number of esters is 1. The number of aliphatic carboxylic acids is 1. The molecule has 0 bridgehead atoms. The smallest absolute Gasteiger partial charge is 0.354 e. The van der Waals surface area contributed by atoms with Gasteiger partial charge >= 0.3 is 11.9 Å². The maximum absolute atomic E-state index is 13.1. The Bertz CT molecular complexity index is 1410. The molecule has 12 heteroatoms. The van der Waals surface area contributed by atoms with E-state index in [0.29, 0.717) is 23.4 Å². The lowest BCUT2D eigenvalue weighted by molar-refractivity contribution is -0.384. The van der Waals surface area contributed by atoms with E-state index in [1.807, 2.05) is 13.8 Å². The Labute approximate surface area is 224 Å². The standard InChI is InChI=1S/C27H32N4O8/c1-5-39-27(36)23-9-19(15-29(23)7-6-26(34)35)11-24(32)21-8-18(14-28(21)4)10-25(33)22-12-20(31(37)38)16-30(22)13-17(2)3/h8-9,12,14-17H,5-7,10-11,13H2,1-4H3,(H,34,35). The van der Waals surface area contributed by atoms with Gasteiger partial charge in [-0.25, -0.2) is 4.79 Å². The number of ketones is 2. The maximum Gasteiger partial charge on any atom is 0.354 e. The number of hydrogen-bond donors (Lipinski definition) is 1. The fourth-order valence-electron chi connectivity index (χ4n) is 4.38. The Balaban J connectivity index is 1.79. The fourth-order valence-corrected chi connectivity index (χ4v) is 4.38. The molecule has 0 fully saturated rings. The van der Waals surface area contributed by atoms with Gasteiger partial charge in [0.25, 0.3) is 5.69 Å². The molecule has 0 atom stereocenters. The van der Waals surface area contributed by atoms with Crippen LogP contribution in [0.3, 0.4) is 0 Å². The van der Waals surface area contributed by atoms with Gasteiger partial charge in [-0.05, 0) is 36.1 Å². The number of Topliss-reactive ketones (excluding diaryl/α,β-unsaturated/α-hetero) is 2. The minimum Gasteiger partial charge on any atom is -0.481 e. The van der Waals surface area contributed by atoms with Crippen LogP contribution < -0.4 is 0 Å². The minimum absolute atomic E-state index is 0.0427. The predicted octanol–water partition coefficient (Wildman–Crippen LogP) is 3.69. The molecule has 0 aromatic carbocycles. The fraction of sp³-hybridized carbons (Fsp3) is 0.407. The Morgan fingerprint density at radius 2 is 1.56 bits per heavy atom. The monoisotopic (exact) mass is 540 g/mol. The molecule has 0 radical (unpaired) electrons. The molecule has 208 valence electrons. The van der Waals surface area contributed by atoms with E-state index in [1.54, 1.807) is 41.6 Å². The number of aromatic nitrogens is 3. The van der Waals surface area contributed by atoms with Crippen LogP contribution in [0.5, 0.6) is 0 Å². The first-order valence-corrected chi connectivity index (χ1v) is 12.5. The largest absolute Gasteiger partial charge is 0.481 e. The average molecular weight is 541 g/mol. The molecule has 3 aromatic rings. The van der Waals surface area contributed by atoms with Crippen LogP contribution in [-0.2, 0) is 42.5 Å². The summed E-state index contributed by atoms with van der Waals surface area (Å²) in [5.41, 5.74) is 1.69. The van der Waals surface area contributed by atoms with Crippen molar-refractivity contribution in [2.24, 2.45) is 13.0 Å². The number of carboxylic acids is 1. The van der Waals surface area contributed by atoms with Gasteiger partial charge in [0.2, 0.25) is 0 Å². The summed E-state index contributed by atoms with van der Waals surface area (Å²) >= 11 is 0. The molecule has 0 aliphatic carbocycles. The highest BCUT2D eigenvalue weighted by molar-refractivity contribution is 5.99. The van der Waals surface area contributed by atoms with Gasteiger partial charge in [0.15, 0.2) is 11.6 Å². The van der Waals surface area contributed by atoms with Gasteiger partial charge < -0.3 is 23.5 Å². The normalized spacial score (nSPS) is 11.1. The molecule has 0 spiro atoms. The number of carboxylic acid groups (broad SMARTS) is 1. The van der Waals surface area contributed by atoms with Gasteiger partial charge in [0.05, 0.1) is 35.5 Å². The second kappa shape index (κ2) is 12.4. The summed E-state index contributed by atoms with van der Waals surface area (Å²) in [5, 5.41) is 20.3. The highest BCUT2D eigenvalue weighted by Gasteiger charge is 2.22. The van der Waals surface area contributed by atoms with Crippen molar-refractivity contribution in [2.75, 3.05) is 6.61 Å². The summed E-state index contributed by atoms with van der Waals surface area (Å²) in [6.07, 6.45) is 4.29. The van der Waals surface area contributed by atoms with Crippen molar-refractivity contribution in [3.8, 4) is 0 Å². The summed E-state index contributed by atoms with van der Waals surface area (Å²) < 4.78 is 9.72. The molecule has 12 nitrogen and oxygen atoms in total. The van der Waals surface area contributed by atoms with E-state index in [2.05, 4.69) is 0 Å². The van der Waals surface area contributed by atoms with Gasteiger partial charge in [-0.1, -0.05) is 13.8 Å².